The molecule has 0 fully saturated rings. The third kappa shape index (κ3) is 6840. The van der Waals surface area contributed by atoms with Crippen molar-refractivity contribution in [1.29, 1.82) is 0 Å². The van der Waals surface area contributed by atoms with Gasteiger partial charge < -0.3 is 11.3 Å². The molecule has 5 heavy (non-hydrogen) atoms. The van der Waals surface area contributed by atoms with E-state index in [-0.39, 0.29) is 0 Å². The van der Waals surface area contributed by atoms with E-state index in [1.165, 1.54) is 7.41 Å². The second-order valence-corrected chi connectivity index (χ2v) is 0.333. The summed E-state index contributed by atoms with van der Waals surface area (Å²) in [5, 5.41) is 0. The summed E-state index contributed by atoms with van der Waals surface area (Å²) in [6, 6.07) is 0. The molecular formula is CH7B2N2. The fourth-order valence-corrected chi connectivity index (χ4v) is 0. The van der Waals surface area contributed by atoms with Crippen molar-refractivity contribution >= 4 is 15.4 Å². The molecule has 0 rings (SSSR count). The highest BCUT2D eigenvalue weighted by atomic mass is 14.3. The summed E-state index contributed by atoms with van der Waals surface area (Å²) in [6.07, 6.45) is 0. The topological polar surface area (TPSA) is 52.0 Å². The van der Waals surface area contributed by atoms with Crippen LogP contribution in [0.3, 0.4) is 0 Å². The maximum atomic E-state index is 4.72. The van der Waals surface area contributed by atoms with Crippen molar-refractivity contribution in [3.05, 3.63) is 0 Å². The predicted molar refractivity (Wildman–Crippen MR) is 25.7 cm³/mol. The maximum Gasteiger partial charge on any atom is 0.198 e. The number of nitrogens with two attached hydrogens (primary N) is 2. The Morgan fingerprint density at radius 1 is 1.60 bits per heavy atom. The lowest BCUT2D eigenvalue weighted by Gasteiger charge is -1.45. The zero-order chi connectivity index (χ0) is 4.71. The number of rotatable bonds is 0. The van der Waals surface area contributed by atoms with E-state index in [2.05, 4.69) is 13.6 Å². The van der Waals surface area contributed by atoms with Crippen LogP contribution in [-0.4, -0.2) is 15.4 Å². The molecule has 0 aliphatic rings. The molecule has 2 nitrogen and oxygen atoms in total. The Hall–Kier alpha value is 0.0499. The van der Waals surface area contributed by atoms with Crippen LogP contribution in [0.4, 0.5) is 0 Å². The van der Waals surface area contributed by atoms with Gasteiger partial charge in [-0.15, -0.1) is 0 Å². The normalized spacial score (nSPS) is 3.80. The second kappa shape index (κ2) is 34.2. The zero-order valence-electron chi connectivity index (χ0n) is 3.31. The maximum absolute atomic E-state index is 4.72. The molecule has 0 aliphatic carbocycles. The molecule has 0 saturated heterocycles. The van der Waals surface area contributed by atoms with Gasteiger partial charge in [-0.1, -0.05) is 6.82 Å². The Morgan fingerprint density at radius 3 is 1.60 bits per heavy atom. The van der Waals surface area contributed by atoms with Crippen molar-refractivity contribution in [2.24, 2.45) is 11.3 Å². The number of hydrogen-bond donors (Lipinski definition) is 2. The summed E-state index contributed by atoms with van der Waals surface area (Å²) in [6.45, 7) is 1.78. The molecule has 0 atom stereocenters. The zero-order valence-corrected chi connectivity index (χ0v) is 3.31. The van der Waals surface area contributed by atoms with Gasteiger partial charge in [-0.3, -0.25) is 0 Å². The minimum absolute atomic E-state index is 1.50. The highest BCUT2D eigenvalue weighted by Crippen LogP contribution is 1.15. The van der Waals surface area contributed by atoms with Gasteiger partial charge in [0.05, 0.1) is 0 Å². The summed E-state index contributed by atoms with van der Waals surface area (Å²) < 4.78 is 0. The van der Waals surface area contributed by atoms with E-state index < -0.39 is 0 Å². The first-order valence-corrected chi connectivity index (χ1v) is 1.24. The van der Waals surface area contributed by atoms with Gasteiger partial charge in [0, 0.05) is 0 Å². The Kier molecular flexibility index (Phi) is 60.9. The van der Waals surface area contributed by atoms with E-state index in [1.807, 2.05) is 0 Å². The molecule has 0 amide bonds. The van der Waals surface area contributed by atoms with Gasteiger partial charge in [-0.25, -0.2) is 0 Å². The van der Waals surface area contributed by atoms with Gasteiger partial charge in [0.25, 0.3) is 0 Å². The third-order valence-electron chi connectivity index (χ3n) is 0. The van der Waals surface area contributed by atoms with Crippen LogP contribution >= 0.6 is 0 Å². The van der Waals surface area contributed by atoms with Crippen LogP contribution in [-0.2, 0) is 0 Å². The molecule has 0 spiro atoms. The largest absolute Gasteiger partial charge is 0.380 e. The molecule has 0 aromatic rings. The van der Waals surface area contributed by atoms with Crippen LogP contribution in [0.15, 0.2) is 0 Å². The minimum Gasteiger partial charge on any atom is -0.380 e. The van der Waals surface area contributed by atoms with Gasteiger partial charge in [-0.2, -0.15) is 0 Å². The average Bonchev–Trinajstić information content (AvgIpc) is 1.46. The Morgan fingerprint density at radius 2 is 1.60 bits per heavy atom. The van der Waals surface area contributed by atoms with E-state index in [0.29, 0.717) is 0 Å². The minimum atomic E-state index is 1.50. The first kappa shape index (κ1) is 8.90. The van der Waals surface area contributed by atoms with Crippen molar-refractivity contribution in [2.45, 2.75) is 6.82 Å². The van der Waals surface area contributed by atoms with E-state index in [1.54, 1.807) is 6.82 Å². The van der Waals surface area contributed by atoms with E-state index >= 15 is 0 Å². The summed E-state index contributed by atoms with van der Waals surface area (Å²) in [5.41, 5.74) is 8.72. The van der Waals surface area contributed by atoms with Crippen molar-refractivity contribution in [1.82, 2.24) is 0 Å². The van der Waals surface area contributed by atoms with Gasteiger partial charge in [0.1, 0.15) is 0 Å². The molecule has 4 N–H and O–H groups in total. The third-order valence-corrected chi connectivity index (χ3v) is 0. The first-order chi connectivity index (χ1) is 2.41. The molecule has 4 heteroatoms. The molecule has 0 saturated carbocycles. The van der Waals surface area contributed by atoms with Crippen LogP contribution in [0.1, 0.15) is 0 Å². The smallest absolute Gasteiger partial charge is 0.198 e. The monoisotopic (exact) mass is 69.1 g/mol. The van der Waals surface area contributed by atoms with Gasteiger partial charge in [0.15, 0.2) is 15.4 Å². The standard InChI is InChI=1S/CH5BN.BH2N/c1-2-3;1-2/h3H2,1H3;2H2. The highest BCUT2D eigenvalue weighted by Gasteiger charge is 1.42. The van der Waals surface area contributed by atoms with Crippen molar-refractivity contribution < 1.29 is 0 Å². The van der Waals surface area contributed by atoms with Crippen molar-refractivity contribution in [3.8, 4) is 0 Å². The summed E-state index contributed by atoms with van der Waals surface area (Å²) >= 11 is 0. The molecule has 0 aromatic heterocycles. The quantitative estimate of drug-likeness (QED) is 0.345. The molecular weight excluding hydrogens is 61.6 g/mol. The molecule has 0 heterocycles. The van der Waals surface area contributed by atoms with Crippen LogP contribution in [0, 0.1) is 0 Å². The Balaban J connectivity index is 0. The fourth-order valence-electron chi connectivity index (χ4n) is 0. The second-order valence-electron chi connectivity index (χ2n) is 0.333. The fraction of sp³-hybridized carbons (Fsp3) is 1.00. The molecule has 3 radical (unpaired) electrons. The lowest BCUT2D eigenvalue weighted by atomic mass is 10.0. The summed E-state index contributed by atoms with van der Waals surface area (Å²) in [7, 11) is 5.50. The molecule has 27 valence electrons. The lowest BCUT2D eigenvalue weighted by Crippen LogP contribution is -1.94. The number of hydrogen-bond acceptors (Lipinski definition) is 2. The molecule has 0 aliphatic heterocycles. The van der Waals surface area contributed by atoms with Crippen LogP contribution in [0.5, 0.6) is 0 Å². The van der Waals surface area contributed by atoms with Gasteiger partial charge in [-0.05, 0) is 0 Å². The van der Waals surface area contributed by atoms with Gasteiger partial charge >= 0.3 is 0 Å². The molecule has 0 aromatic carbocycles. The van der Waals surface area contributed by atoms with E-state index in [0.717, 1.165) is 0 Å². The van der Waals surface area contributed by atoms with E-state index in [9.17, 15) is 0 Å². The Bertz CT molecular complexity index is 7.61. The summed E-state index contributed by atoms with van der Waals surface area (Å²) in [4.78, 5) is 0. The lowest BCUT2D eigenvalue weighted by molar-refractivity contribution is 1.88. The van der Waals surface area contributed by atoms with Crippen molar-refractivity contribution in [3.63, 3.8) is 0 Å². The first-order valence-electron chi connectivity index (χ1n) is 1.24. The predicted octanol–water partition coefficient (Wildman–Crippen LogP) is -1.36. The van der Waals surface area contributed by atoms with Crippen LogP contribution in [0.25, 0.3) is 0 Å². The van der Waals surface area contributed by atoms with Crippen molar-refractivity contribution in [2.75, 3.05) is 0 Å². The molecule has 0 unspecified atom stereocenters. The van der Waals surface area contributed by atoms with Gasteiger partial charge in [0.2, 0.25) is 0 Å². The summed E-state index contributed by atoms with van der Waals surface area (Å²) in [5.74, 6) is 0. The van der Waals surface area contributed by atoms with E-state index in [4.69, 9.17) is 5.64 Å². The van der Waals surface area contributed by atoms with Crippen LogP contribution in [0.2, 0.25) is 6.82 Å². The molecule has 0 bridgehead atoms. The average molecular weight is 68.7 g/mol. The highest BCUT2D eigenvalue weighted by molar-refractivity contribution is 6.28. The Labute approximate surface area is 34.6 Å². The SMILES string of the molecule is C[B]N.[B]N. The van der Waals surface area contributed by atoms with Crippen LogP contribution < -0.4 is 11.3 Å².